The molecule has 22 heavy (non-hydrogen) atoms. The number of methoxy groups -OCH3 is 1. The normalized spacial score (nSPS) is 13.0. The molecule has 0 unspecified atom stereocenters. The first kappa shape index (κ1) is 15.7. The molecule has 1 amide bonds. The Morgan fingerprint density at radius 1 is 1.00 bits per heavy atom. The van der Waals surface area contributed by atoms with Crippen molar-refractivity contribution in [1.82, 2.24) is 5.32 Å². The van der Waals surface area contributed by atoms with Crippen LogP contribution in [0.1, 0.15) is 22.0 Å². The number of esters is 1. The highest BCUT2D eigenvalue weighted by Gasteiger charge is 2.30. The van der Waals surface area contributed by atoms with Crippen molar-refractivity contribution >= 4 is 11.9 Å². The third-order valence-corrected chi connectivity index (χ3v) is 3.24. The van der Waals surface area contributed by atoms with Gasteiger partial charge in [-0.05, 0) is 17.7 Å². The number of aliphatic hydroxyl groups is 1. The molecule has 5 nitrogen and oxygen atoms in total. The number of rotatable bonds is 5. The minimum atomic E-state index is -1.49. The lowest BCUT2D eigenvalue weighted by Crippen LogP contribution is -2.40. The molecule has 2 atom stereocenters. The second-order valence-electron chi connectivity index (χ2n) is 4.70. The van der Waals surface area contributed by atoms with E-state index < -0.39 is 18.1 Å². The predicted molar refractivity (Wildman–Crippen MR) is 81.1 cm³/mol. The molecular weight excluding hydrogens is 282 g/mol. The highest BCUT2D eigenvalue weighted by atomic mass is 16.5. The second kappa shape index (κ2) is 7.38. The average molecular weight is 299 g/mol. The third kappa shape index (κ3) is 3.71. The minimum Gasteiger partial charge on any atom is -0.467 e. The van der Waals surface area contributed by atoms with Crippen LogP contribution in [0.5, 0.6) is 0 Å². The molecule has 0 aliphatic carbocycles. The van der Waals surface area contributed by atoms with E-state index in [9.17, 15) is 14.7 Å². The lowest BCUT2D eigenvalue weighted by Gasteiger charge is -2.23. The molecule has 2 aromatic rings. The Hall–Kier alpha value is -2.66. The molecule has 2 aromatic carbocycles. The fourth-order valence-corrected chi connectivity index (χ4v) is 2.08. The van der Waals surface area contributed by atoms with Gasteiger partial charge in [0.05, 0.1) is 13.2 Å². The largest absolute Gasteiger partial charge is 0.467 e. The molecule has 0 heterocycles. The van der Waals surface area contributed by atoms with E-state index >= 15 is 0 Å². The zero-order valence-corrected chi connectivity index (χ0v) is 12.1. The molecule has 0 spiro atoms. The maximum absolute atomic E-state index is 12.3. The molecule has 0 saturated heterocycles. The zero-order valence-electron chi connectivity index (χ0n) is 12.1. The first-order valence-electron chi connectivity index (χ1n) is 6.80. The average Bonchev–Trinajstić information content (AvgIpc) is 2.59. The van der Waals surface area contributed by atoms with Gasteiger partial charge in [-0.3, -0.25) is 4.79 Å². The summed E-state index contributed by atoms with van der Waals surface area (Å²) in [5.74, 6) is -1.18. The molecule has 0 aromatic heterocycles. The van der Waals surface area contributed by atoms with Gasteiger partial charge >= 0.3 is 5.97 Å². The van der Waals surface area contributed by atoms with Crippen LogP contribution < -0.4 is 5.32 Å². The molecule has 0 aliphatic rings. The van der Waals surface area contributed by atoms with Crippen LogP contribution >= 0.6 is 0 Å². The summed E-state index contributed by atoms with van der Waals surface area (Å²) in [5.41, 5.74) is 1.06. The number of aliphatic hydroxyl groups excluding tert-OH is 1. The van der Waals surface area contributed by atoms with Gasteiger partial charge in [0.15, 0.2) is 6.10 Å². The van der Waals surface area contributed by atoms with Crippen LogP contribution in [-0.4, -0.2) is 30.2 Å². The number of carbonyl (C=O) groups excluding carboxylic acids is 2. The maximum Gasteiger partial charge on any atom is 0.337 e. The van der Waals surface area contributed by atoms with Crippen molar-refractivity contribution in [3.8, 4) is 0 Å². The standard InChI is InChI=1S/C17H17NO4/c1-22-17(21)15(19)14(12-8-4-2-5-9-12)18-16(20)13-10-6-3-7-11-13/h2-11,14-15,19H,1H3,(H,18,20)/t14-,15+/m1/s1. The number of amides is 1. The number of nitrogens with one attached hydrogen (secondary N) is 1. The summed E-state index contributed by atoms with van der Waals surface area (Å²) in [7, 11) is 1.19. The molecule has 0 radical (unpaired) electrons. The highest BCUT2D eigenvalue weighted by molar-refractivity contribution is 5.94. The van der Waals surface area contributed by atoms with E-state index in [0.29, 0.717) is 11.1 Å². The predicted octanol–water partition coefficient (Wildman–Crippen LogP) is 1.69. The second-order valence-corrected chi connectivity index (χ2v) is 4.70. The van der Waals surface area contributed by atoms with Gasteiger partial charge in [-0.1, -0.05) is 48.5 Å². The smallest absolute Gasteiger partial charge is 0.337 e. The van der Waals surface area contributed by atoms with Crippen molar-refractivity contribution in [2.45, 2.75) is 12.1 Å². The number of hydrogen-bond donors (Lipinski definition) is 2. The Balaban J connectivity index is 2.25. The Morgan fingerprint density at radius 2 is 1.55 bits per heavy atom. The SMILES string of the molecule is COC(=O)[C@@H](O)[C@H](NC(=O)c1ccccc1)c1ccccc1. The summed E-state index contributed by atoms with van der Waals surface area (Å²) in [6.45, 7) is 0. The monoisotopic (exact) mass is 299 g/mol. The van der Waals surface area contributed by atoms with Crippen LogP contribution in [0.4, 0.5) is 0 Å². The molecular formula is C17H17NO4. The van der Waals surface area contributed by atoms with Crippen LogP contribution in [0.3, 0.4) is 0 Å². The van der Waals surface area contributed by atoms with Gasteiger partial charge < -0.3 is 15.2 Å². The van der Waals surface area contributed by atoms with E-state index in [1.54, 1.807) is 54.6 Å². The molecule has 5 heteroatoms. The molecule has 0 saturated carbocycles. The van der Waals surface area contributed by atoms with E-state index in [1.165, 1.54) is 7.11 Å². The minimum absolute atomic E-state index is 0.377. The van der Waals surface area contributed by atoms with E-state index in [4.69, 9.17) is 0 Å². The lowest BCUT2D eigenvalue weighted by atomic mass is 10.0. The van der Waals surface area contributed by atoms with Gasteiger partial charge in [0.25, 0.3) is 5.91 Å². The van der Waals surface area contributed by atoms with Gasteiger partial charge in [-0.15, -0.1) is 0 Å². The van der Waals surface area contributed by atoms with Crippen LogP contribution in [-0.2, 0) is 9.53 Å². The number of carbonyl (C=O) groups is 2. The Kier molecular flexibility index (Phi) is 5.27. The van der Waals surface area contributed by atoms with Gasteiger partial charge in [0.1, 0.15) is 0 Å². The van der Waals surface area contributed by atoms with Crippen molar-refractivity contribution in [3.05, 3.63) is 71.8 Å². The molecule has 2 rings (SSSR count). The van der Waals surface area contributed by atoms with Crippen molar-refractivity contribution < 1.29 is 19.4 Å². The fourth-order valence-electron chi connectivity index (χ4n) is 2.08. The van der Waals surface area contributed by atoms with E-state index in [-0.39, 0.29) is 5.91 Å². The van der Waals surface area contributed by atoms with Gasteiger partial charge in [0, 0.05) is 5.56 Å². The molecule has 114 valence electrons. The maximum atomic E-state index is 12.3. The first-order valence-corrected chi connectivity index (χ1v) is 6.80. The summed E-state index contributed by atoms with van der Waals surface area (Å²) >= 11 is 0. The summed E-state index contributed by atoms with van der Waals surface area (Å²) < 4.78 is 4.56. The Morgan fingerprint density at radius 3 is 2.09 bits per heavy atom. The molecule has 0 bridgehead atoms. The Labute approximate surface area is 128 Å². The molecule has 0 aliphatic heterocycles. The number of benzene rings is 2. The number of ether oxygens (including phenoxy) is 1. The first-order chi connectivity index (χ1) is 10.6. The Bertz CT molecular complexity index is 628. The van der Waals surface area contributed by atoms with Gasteiger partial charge in [0.2, 0.25) is 0 Å². The van der Waals surface area contributed by atoms with Gasteiger partial charge in [-0.25, -0.2) is 4.79 Å². The third-order valence-electron chi connectivity index (χ3n) is 3.24. The summed E-state index contributed by atoms with van der Waals surface area (Å²) in [6.07, 6.45) is -1.49. The quantitative estimate of drug-likeness (QED) is 0.824. The van der Waals surface area contributed by atoms with Crippen molar-refractivity contribution in [2.75, 3.05) is 7.11 Å². The van der Waals surface area contributed by atoms with Crippen molar-refractivity contribution in [1.29, 1.82) is 0 Å². The summed E-state index contributed by atoms with van der Waals surface area (Å²) in [4.78, 5) is 23.9. The fraction of sp³-hybridized carbons (Fsp3) is 0.176. The van der Waals surface area contributed by atoms with Crippen LogP contribution in [0.15, 0.2) is 60.7 Å². The summed E-state index contributed by atoms with van der Waals surface area (Å²) in [6, 6.07) is 16.5. The molecule has 0 fully saturated rings. The van der Waals surface area contributed by atoms with Crippen molar-refractivity contribution in [3.63, 3.8) is 0 Å². The van der Waals surface area contributed by atoms with E-state index in [1.807, 2.05) is 6.07 Å². The molecule has 2 N–H and O–H groups in total. The zero-order chi connectivity index (χ0) is 15.9. The highest BCUT2D eigenvalue weighted by Crippen LogP contribution is 2.18. The van der Waals surface area contributed by atoms with Crippen LogP contribution in [0, 0.1) is 0 Å². The topological polar surface area (TPSA) is 75.6 Å². The van der Waals surface area contributed by atoms with E-state index in [0.717, 1.165) is 0 Å². The van der Waals surface area contributed by atoms with Crippen molar-refractivity contribution in [2.24, 2.45) is 0 Å². The lowest BCUT2D eigenvalue weighted by molar-refractivity contribution is -0.151. The number of hydrogen-bond acceptors (Lipinski definition) is 4. The van der Waals surface area contributed by atoms with E-state index in [2.05, 4.69) is 10.1 Å². The van der Waals surface area contributed by atoms with Crippen LogP contribution in [0.25, 0.3) is 0 Å². The summed E-state index contributed by atoms with van der Waals surface area (Å²) in [5, 5.41) is 12.8. The van der Waals surface area contributed by atoms with Crippen LogP contribution in [0.2, 0.25) is 0 Å². The van der Waals surface area contributed by atoms with Gasteiger partial charge in [-0.2, -0.15) is 0 Å².